The van der Waals surface area contributed by atoms with Crippen LogP contribution in [0.3, 0.4) is 0 Å². The summed E-state index contributed by atoms with van der Waals surface area (Å²) in [4.78, 5) is 0. The van der Waals surface area contributed by atoms with E-state index in [1.165, 1.54) is 0 Å². The standard InChI is InChI=1S/C57H82O19/c1-25-15-38-40(19-45-51(73-38)27(3)49(62)55-52(74-45)26(2)28(4)57(76-55)22-29(58)23-65-57)69-42-21-48-56(5,75-43(42)16-25)47(61)20-41-35(71-48)10-7-6-9-32-33(68-41)11-8-12-34-36(66-32)13-14-37-39(67-34)18-46-54(72-37)50(63)53-44(70-46)17-30(59)31(60)24-64-53/h6-8,11,13-14,25-29,32-55,58-63H,9-10,12,15-24H2,1-5H3/b7-6-,11-8-/t25-,26+,27+,28+,29+,32-,33+,34-,35+,36+,37-,38+,39+,40-,41-,42+,43-,44+,45+,46-,47-,48-,49+,50-,51-,52-,53+,54-,55+,56+,57-/m1/s1. The van der Waals surface area contributed by atoms with Gasteiger partial charge < -0.3 is 92.2 Å². The van der Waals surface area contributed by atoms with Crippen molar-refractivity contribution >= 4 is 0 Å². The molecule has 76 heavy (non-hydrogen) atoms. The van der Waals surface area contributed by atoms with Gasteiger partial charge in [0.25, 0.3) is 0 Å². The van der Waals surface area contributed by atoms with Crippen molar-refractivity contribution in [3.63, 3.8) is 0 Å². The second-order valence-electron chi connectivity index (χ2n) is 25.2. The number of aliphatic hydroxyl groups excluding tert-OH is 6. The Labute approximate surface area is 445 Å². The van der Waals surface area contributed by atoms with Crippen molar-refractivity contribution < 1.29 is 92.2 Å². The minimum Gasteiger partial charge on any atom is -0.509 e. The summed E-state index contributed by atoms with van der Waals surface area (Å²) >= 11 is 0. The van der Waals surface area contributed by atoms with Gasteiger partial charge in [-0.1, -0.05) is 64.2 Å². The number of hydrogen-bond donors (Lipinski definition) is 6. The Balaban J connectivity index is 0.689. The van der Waals surface area contributed by atoms with Crippen molar-refractivity contribution in [2.24, 2.45) is 23.7 Å². The SMILES string of the molecule is C[C@@H]1C[C@@H]2O[C@@H]3[C@@H](C)[C@H](O)[C@@H]4O[C@]5(C[C@H](O)CO5)[C@@H](C)[C@H](C)[C@H]4O[C@H]3C[C@H]2O[C@H]2C[C@H]3O[C@H]4C/C=C\C[C@H]5O[C@H]6C=C[C@H]7O[C@H]8[C@H](O)[C@H]9OCC(O)=C(O)C[C@@H]9O[C@@H]8C[C@@H]7O[C@@H]6C/C=C\[C@@H]5O[C@@H]4C[C@@H](O)[C@]3(C)O[C@@H]2C1. The summed E-state index contributed by atoms with van der Waals surface area (Å²) in [5.74, 6) is -1.65. The number of aliphatic hydroxyl groups is 6. The van der Waals surface area contributed by atoms with E-state index in [0.717, 1.165) is 6.42 Å². The first-order valence-electron chi connectivity index (χ1n) is 28.8. The predicted octanol–water partition coefficient (Wildman–Crippen LogP) is 3.85. The van der Waals surface area contributed by atoms with Crippen molar-refractivity contribution in [1.29, 1.82) is 0 Å². The fraction of sp³-hybridized carbons (Fsp3) is 0.860. The highest BCUT2D eigenvalue weighted by atomic mass is 16.7. The third-order valence-corrected chi connectivity index (χ3v) is 20.3. The van der Waals surface area contributed by atoms with Gasteiger partial charge in [0.1, 0.15) is 60.7 Å². The third-order valence-electron chi connectivity index (χ3n) is 20.3. The van der Waals surface area contributed by atoms with Crippen LogP contribution >= 0.6 is 0 Å². The minimum absolute atomic E-state index is 0.0233. The van der Waals surface area contributed by atoms with Crippen LogP contribution in [0.15, 0.2) is 48.0 Å². The van der Waals surface area contributed by atoms with Crippen LogP contribution in [0.2, 0.25) is 0 Å². The lowest BCUT2D eigenvalue weighted by atomic mass is 9.75. The molecule has 9 fully saturated rings. The van der Waals surface area contributed by atoms with Crippen LogP contribution in [0, 0.1) is 23.7 Å². The summed E-state index contributed by atoms with van der Waals surface area (Å²) in [6.07, 6.45) is 4.72. The Kier molecular flexibility index (Phi) is 14.5. The molecule has 0 aliphatic carbocycles. The maximum absolute atomic E-state index is 12.4. The lowest BCUT2D eigenvalue weighted by molar-refractivity contribution is -0.339. The molecule has 0 aromatic heterocycles. The van der Waals surface area contributed by atoms with Crippen molar-refractivity contribution in [2.75, 3.05) is 13.2 Å². The van der Waals surface area contributed by atoms with Crippen molar-refractivity contribution in [3.05, 3.63) is 48.0 Å². The molecule has 31 atom stereocenters. The maximum Gasteiger partial charge on any atom is 0.174 e. The zero-order valence-electron chi connectivity index (χ0n) is 44.4. The smallest absolute Gasteiger partial charge is 0.174 e. The van der Waals surface area contributed by atoms with Gasteiger partial charge in [0, 0.05) is 50.4 Å². The van der Waals surface area contributed by atoms with E-state index in [2.05, 4.69) is 45.1 Å². The third kappa shape index (κ3) is 9.41. The molecular formula is C57H82O19. The molecule has 1 spiro atoms. The Morgan fingerprint density at radius 3 is 1.92 bits per heavy atom. The van der Waals surface area contributed by atoms with Crippen molar-refractivity contribution in [1.82, 2.24) is 0 Å². The highest BCUT2D eigenvalue weighted by Gasteiger charge is 2.63. The van der Waals surface area contributed by atoms with Gasteiger partial charge in [0.2, 0.25) is 0 Å². The second kappa shape index (κ2) is 20.7. The molecule has 0 unspecified atom stereocenters. The first-order chi connectivity index (χ1) is 36.5. The monoisotopic (exact) mass is 1070 g/mol. The van der Waals surface area contributed by atoms with Crippen LogP contribution in [0.25, 0.3) is 0 Å². The molecular weight excluding hydrogens is 989 g/mol. The highest BCUT2D eigenvalue weighted by molar-refractivity contribution is 5.15. The average molecular weight is 1070 g/mol. The molecule has 19 nitrogen and oxygen atoms in total. The topological polar surface area (TPSA) is 241 Å². The molecule has 0 saturated carbocycles. The van der Waals surface area contributed by atoms with E-state index in [1.807, 2.05) is 26.0 Å². The van der Waals surface area contributed by atoms with E-state index in [0.29, 0.717) is 57.8 Å². The molecule has 13 aliphatic rings. The fourth-order valence-electron chi connectivity index (χ4n) is 15.7. The normalized spacial score (nSPS) is 57.9. The van der Waals surface area contributed by atoms with Gasteiger partial charge in [-0.15, -0.1) is 0 Å². The fourth-order valence-corrected chi connectivity index (χ4v) is 15.7. The predicted molar refractivity (Wildman–Crippen MR) is 266 cm³/mol. The largest absolute Gasteiger partial charge is 0.509 e. The Bertz CT molecular complexity index is 2230. The molecule has 13 heterocycles. The van der Waals surface area contributed by atoms with Crippen molar-refractivity contribution in [2.45, 2.75) is 269 Å². The zero-order valence-corrected chi connectivity index (χ0v) is 44.4. The molecule has 0 aromatic rings. The molecule has 13 aliphatic heterocycles. The summed E-state index contributed by atoms with van der Waals surface area (Å²) < 4.78 is 88.1. The molecule has 0 bridgehead atoms. The Morgan fingerprint density at radius 1 is 0.487 bits per heavy atom. The van der Waals surface area contributed by atoms with Gasteiger partial charge in [-0.05, 0) is 50.9 Å². The lowest BCUT2D eigenvalue weighted by Gasteiger charge is -2.53. The molecule has 9 saturated heterocycles. The van der Waals surface area contributed by atoms with E-state index >= 15 is 0 Å². The second-order valence-corrected chi connectivity index (χ2v) is 25.2. The first-order valence-corrected chi connectivity index (χ1v) is 28.8. The summed E-state index contributed by atoms with van der Waals surface area (Å²) in [5.41, 5.74) is -1.04. The highest BCUT2D eigenvalue weighted by Crippen LogP contribution is 2.52. The first kappa shape index (κ1) is 53.2. The van der Waals surface area contributed by atoms with Crippen molar-refractivity contribution in [3.8, 4) is 0 Å². The summed E-state index contributed by atoms with van der Waals surface area (Å²) in [6, 6.07) is 0. The lowest BCUT2D eigenvalue weighted by Crippen LogP contribution is -2.63. The zero-order chi connectivity index (χ0) is 52.5. The summed E-state index contributed by atoms with van der Waals surface area (Å²) in [7, 11) is 0. The van der Waals surface area contributed by atoms with Gasteiger partial charge >= 0.3 is 0 Å². The van der Waals surface area contributed by atoms with E-state index < -0.39 is 121 Å². The quantitative estimate of drug-likeness (QED) is 0.189. The summed E-state index contributed by atoms with van der Waals surface area (Å²) in [5, 5.41) is 66.9. The van der Waals surface area contributed by atoms with E-state index in [1.54, 1.807) is 0 Å². The van der Waals surface area contributed by atoms with Gasteiger partial charge in [0.05, 0.1) is 116 Å². The number of rotatable bonds is 0. The number of fused-ring (bicyclic) bond motifs is 11. The molecule has 13 rings (SSSR count). The Morgan fingerprint density at radius 2 is 1.12 bits per heavy atom. The van der Waals surface area contributed by atoms with Gasteiger partial charge in [-0.3, -0.25) is 0 Å². The van der Waals surface area contributed by atoms with Gasteiger partial charge in [-0.2, -0.15) is 0 Å². The van der Waals surface area contributed by atoms with Crippen LogP contribution in [0.5, 0.6) is 0 Å². The maximum atomic E-state index is 12.4. The average Bonchev–Trinajstić information content (AvgIpc) is 3.72. The van der Waals surface area contributed by atoms with Crippen LogP contribution < -0.4 is 0 Å². The molecule has 19 heteroatoms. The molecule has 0 amide bonds. The molecule has 0 radical (unpaired) electrons. The minimum atomic E-state index is -1.04. The van der Waals surface area contributed by atoms with Crippen LogP contribution in [0.1, 0.15) is 105 Å². The van der Waals surface area contributed by atoms with E-state index in [9.17, 15) is 30.6 Å². The number of hydrogen-bond acceptors (Lipinski definition) is 19. The molecule has 6 N–H and O–H groups in total. The van der Waals surface area contributed by atoms with E-state index in [4.69, 9.17) is 61.6 Å². The van der Waals surface area contributed by atoms with Crippen LogP contribution in [0.4, 0.5) is 0 Å². The number of ether oxygens (including phenoxy) is 13. The van der Waals surface area contributed by atoms with E-state index in [-0.39, 0.29) is 97.6 Å². The van der Waals surface area contributed by atoms with Gasteiger partial charge in [-0.25, -0.2) is 0 Å². The van der Waals surface area contributed by atoms with Crippen LogP contribution in [-0.4, -0.2) is 208 Å². The van der Waals surface area contributed by atoms with Gasteiger partial charge in [0.15, 0.2) is 11.5 Å². The summed E-state index contributed by atoms with van der Waals surface area (Å²) in [6.45, 7) is 10.4. The molecule has 424 valence electrons. The Hall–Kier alpha value is -2.12. The van der Waals surface area contributed by atoms with Crippen LogP contribution in [-0.2, 0) is 61.6 Å². The molecule has 0 aromatic carbocycles.